The number of aliphatic carboxylic acids is 2. The Morgan fingerprint density at radius 1 is 1.32 bits per heavy atom. The second kappa shape index (κ2) is 10.0. The topological polar surface area (TPSA) is 184 Å². The Labute approximate surface area is 204 Å². The second-order valence-electron chi connectivity index (χ2n) is 9.36. The number of carboxylic acid groups (broad SMARTS) is 2. The number of nitrogens with zero attached hydrogens (tertiary/aromatic N) is 2. The number of amides is 2. The van der Waals surface area contributed by atoms with Gasteiger partial charge in [0.2, 0.25) is 5.91 Å². The SMILES string of the molecule is CSCCC(NC(=O)OC(C)(C)C)C(=O)NC1(C(=O)O)CC(Sc2ncn[nH]2)C2C(C(=O)O)C21. The van der Waals surface area contributed by atoms with E-state index in [-0.39, 0.29) is 12.8 Å². The van der Waals surface area contributed by atoms with Crippen LogP contribution in [0.1, 0.15) is 33.6 Å². The van der Waals surface area contributed by atoms with E-state index in [0.29, 0.717) is 10.9 Å². The molecule has 0 spiro atoms. The molecule has 14 heteroatoms. The van der Waals surface area contributed by atoms with E-state index in [1.165, 1.54) is 29.9 Å². The molecular weight excluding hydrogens is 486 g/mol. The van der Waals surface area contributed by atoms with Crippen LogP contribution >= 0.6 is 23.5 Å². The van der Waals surface area contributed by atoms with E-state index in [2.05, 4.69) is 25.8 Å². The Balaban J connectivity index is 1.82. The lowest BCUT2D eigenvalue weighted by atomic mass is 9.89. The van der Waals surface area contributed by atoms with Crippen LogP contribution < -0.4 is 10.6 Å². The predicted molar refractivity (Wildman–Crippen MR) is 123 cm³/mol. The fourth-order valence-electron chi connectivity index (χ4n) is 4.53. The standard InChI is InChI=1S/C20H29N5O7S2/c1-19(2,3)32-18(31)23-9(5-6-33-4)14(26)24-20(16(29)30)7-10(34-17-21-8-22-25-17)11-12(13(11)20)15(27)28/h8-13H,5-7H2,1-4H3,(H,23,31)(H,24,26)(H,27,28)(H,29,30)(H,21,22,25). The lowest BCUT2D eigenvalue weighted by molar-refractivity contribution is -0.150. The van der Waals surface area contributed by atoms with Gasteiger partial charge in [-0.1, -0.05) is 11.8 Å². The Hall–Kier alpha value is -2.48. The molecule has 1 aromatic heterocycles. The van der Waals surface area contributed by atoms with E-state index in [1.807, 2.05) is 6.26 Å². The maximum absolute atomic E-state index is 13.2. The van der Waals surface area contributed by atoms with Gasteiger partial charge in [0.05, 0.1) is 5.92 Å². The van der Waals surface area contributed by atoms with Crippen LogP contribution in [0.2, 0.25) is 0 Å². The minimum atomic E-state index is -1.78. The molecule has 0 aliphatic heterocycles. The molecule has 6 unspecified atom stereocenters. The first kappa shape index (κ1) is 26.1. The quantitative estimate of drug-likeness (QED) is 0.302. The summed E-state index contributed by atoms with van der Waals surface area (Å²) >= 11 is 2.68. The highest BCUT2D eigenvalue weighted by molar-refractivity contribution is 7.99. The van der Waals surface area contributed by atoms with Crippen molar-refractivity contribution in [3.05, 3.63) is 6.33 Å². The number of aromatic nitrogens is 3. The summed E-state index contributed by atoms with van der Waals surface area (Å²) < 4.78 is 5.24. The highest BCUT2D eigenvalue weighted by Gasteiger charge is 2.76. The first-order valence-corrected chi connectivity index (χ1v) is 13.0. The molecule has 2 saturated carbocycles. The molecule has 2 amide bonds. The molecule has 0 bridgehead atoms. The average molecular weight is 516 g/mol. The van der Waals surface area contributed by atoms with Gasteiger partial charge in [0.15, 0.2) is 5.16 Å². The third kappa shape index (κ3) is 5.59. The number of hydrogen-bond donors (Lipinski definition) is 5. The average Bonchev–Trinajstić information content (AvgIpc) is 3.12. The van der Waals surface area contributed by atoms with Gasteiger partial charge < -0.3 is 25.6 Å². The molecule has 3 rings (SSSR count). The van der Waals surface area contributed by atoms with Crippen molar-refractivity contribution in [3.63, 3.8) is 0 Å². The number of H-pyrrole nitrogens is 1. The number of hydrogen-bond acceptors (Lipinski definition) is 9. The maximum Gasteiger partial charge on any atom is 0.408 e. The van der Waals surface area contributed by atoms with Crippen molar-refractivity contribution in [2.45, 2.75) is 61.2 Å². The number of carboxylic acids is 2. The predicted octanol–water partition coefficient (Wildman–Crippen LogP) is 1.20. The summed E-state index contributed by atoms with van der Waals surface area (Å²) in [6.07, 6.45) is 2.61. The molecule has 2 fully saturated rings. The zero-order chi connectivity index (χ0) is 25.3. The number of aromatic amines is 1. The Morgan fingerprint density at radius 2 is 2.03 bits per heavy atom. The molecule has 1 heterocycles. The van der Waals surface area contributed by atoms with Crippen molar-refractivity contribution in [1.29, 1.82) is 0 Å². The number of ether oxygens (including phenoxy) is 1. The van der Waals surface area contributed by atoms with Crippen LogP contribution in [-0.4, -0.2) is 83.8 Å². The summed E-state index contributed by atoms with van der Waals surface area (Å²) in [6, 6.07) is -1.04. The zero-order valence-corrected chi connectivity index (χ0v) is 20.9. The highest BCUT2D eigenvalue weighted by Crippen LogP contribution is 2.65. The van der Waals surface area contributed by atoms with Crippen LogP contribution in [0.15, 0.2) is 11.5 Å². The van der Waals surface area contributed by atoms with Crippen molar-refractivity contribution in [2.24, 2.45) is 17.8 Å². The van der Waals surface area contributed by atoms with Crippen molar-refractivity contribution in [1.82, 2.24) is 25.8 Å². The van der Waals surface area contributed by atoms with E-state index in [0.717, 1.165) is 0 Å². The minimum absolute atomic E-state index is 0.0141. The largest absolute Gasteiger partial charge is 0.481 e. The van der Waals surface area contributed by atoms with Gasteiger partial charge >= 0.3 is 18.0 Å². The molecule has 2 aliphatic carbocycles. The molecule has 0 aromatic carbocycles. The van der Waals surface area contributed by atoms with Crippen molar-refractivity contribution < 1.29 is 34.1 Å². The third-order valence-corrected chi connectivity index (χ3v) is 7.73. The fourth-order valence-corrected chi connectivity index (χ4v) is 6.35. The number of nitrogens with one attached hydrogen (secondary N) is 3. The molecular formula is C20H29N5O7S2. The Kier molecular flexibility index (Phi) is 7.70. The molecule has 0 saturated heterocycles. The molecule has 2 aliphatic rings. The smallest absolute Gasteiger partial charge is 0.408 e. The van der Waals surface area contributed by atoms with E-state index in [9.17, 15) is 29.4 Å². The molecule has 5 N–H and O–H groups in total. The van der Waals surface area contributed by atoms with E-state index < -0.39 is 64.1 Å². The third-order valence-electron chi connectivity index (χ3n) is 5.88. The number of fused-ring (bicyclic) bond motifs is 1. The van der Waals surface area contributed by atoms with E-state index in [1.54, 1.807) is 20.8 Å². The van der Waals surface area contributed by atoms with Crippen LogP contribution in [0.25, 0.3) is 0 Å². The van der Waals surface area contributed by atoms with Gasteiger partial charge in [0.1, 0.15) is 23.5 Å². The molecule has 188 valence electrons. The van der Waals surface area contributed by atoms with Crippen molar-refractivity contribution in [3.8, 4) is 0 Å². The van der Waals surface area contributed by atoms with Gasteiger partial charge in [-0.05, 0) is 51.5 Å². The molecule has 0 radical (unpaired) electrons. The van der Waals surface area contributed by atoms with Gasteiger partial charge in [-0.25, -0.2) is 14.6 Å². The molecule has 34 heavy (non-hydrogen) atoms. The Bertz CT molecular complexity index is 938. The lowest BCUT2D eigenvalue weighted by Crippen LogP contribution is -2.61. The normalized spacial score (nSPS) is 28.5. The number of carbonyl (C=O) groups is 4. The first-order valence-electron chi connectivity index (χ1n) is 10.7. The van der Waals surface area contributed by atoms with Gasteiger partial charge in [-0.3, -0.25) is 14.7 Å². The summed E-state index contributed by atoms with van der Waals surface area (Å²) in [5.74, 6) is -4.72. The number of rotatable bonds is 10. The van der Waals surface area contributed by atoms with Gasteiger partial charge in [0, 0.05) is 11.2 Å². The first-order chi connectivity index (χ1) is 15.9. The molecule has 1 aromatic rings. The summed E-state index contributed by atoms with van der Waals surface area (Å²) in [7, 11) is 0. The van der Waals surface area contributed by atoms with Crippen LogP contribution in [0, 0.1) is 17.8 Å². The summed E-state index contributed by atoms with van der Waals surface area (Å²) in [5.41, 5.74) is -2.56. The van der Waals surface area contributed by atoms with Crippen LogP contribution in [-0.2, 0) is 19.1 Å². The zero-order valence-electron chi connectivity index (χ0n) is 19.2. The highest BCUT2D eigenvalue weighted by atomic mass is 32.2. The number of thioether (sulfide) groups is 2. The monoisotopic (exact) mass is 515 g/mol. The summed E-state index contributed by atoms with van der Waals surface area (Å²) in [5, 5.41) is 31.5. The van der Waals surface area contributed by atoms with Crippen molar-refractivity contribution >= 4 is 47.5 Å². The molecule has 6 atom stereocenters. The maximum atomic E-state index is 13.2. The minimum Gasteiger partial charge on any atom is -0.481 e. The Morgan fingerprint density at radius 3 is 2.56 bits per heavy atom. The van der Waals surface area contributed by atoms with Gasteiger partial charge in [0.25, 0.3) is 0 Å². The summed E-state index contributed by atoms with van der Waals surface area (Å²) in [6.45, 7) is 5.06. The van der Waals surface area contributed by atoms with Gasteiger partial charge in [-0.15, -0.1) is 0 Å². The number of carbonyl (C=O) groups excluding carboxylic acids is 2. The lowest BCUT2D eigenvalue weighted by Gasteiger charge is -2.32. The van der Waals surface area contributed by atoms with E-state index >= 15 is 0 Å². The second-order valence-corrected chi connectivity index (χ2v) is 11.6. The van der Waals surface area contributed by atoms with Crippen LogP contribution in [0.4, 0.5) is 4.79 Å². The van der Waals surface area contributed by atoms with Gasteiger partial charge in [-0.2, -0.15) is 16.9 Å². The van der Waals surface area contributed by atoms with Crippen molar-refractivity contribution in [2.75, 3.05) is 12.0 Å². The number of alkyl carbamates (subject to hydrolysis) is 1. The summed E-state index contributed by atoms with van der Waals surface area (Å²) in [4.78, 5) is 53.9. The van der Waals surface area contributed by atoms with Crippen LogP contribution in [0.5, 0.6) is 0 Å². The van der Waals surface area contributed by atoms with E-state index in [4.69, 9.17) is 4.74 Å². The molecule has 12 nitrogen and oxygen atoms in total. The van der Waals surface area contributed by atoms with Crippen LogP contribution in [0.3, 0.4) is 0 Å². The fraction of sp³-hybridized carbons (Fsp3) is 0.700.